The molecule has 0 bridgehead atoms. The second-order valence-electron chi connectivity index (χ2n) is 5.71. The molecule has 1 rings (SSSR count). The molecule has 0 aromatic carbocycles. The smallest absolute Gasteiger partial charge is 0.418 e. The van der Waals surface area contributed by atoms with Crippen LogP contribution in [0.3, 0.4) is 0 Å². The third-order valence-corrected chi connectivity index (χ3v) is 3.16. The Morgan fingerprint density at radius 1 is 0.962 bits per heavy atom. The Bertz CT molecular complexity index is 493. The average Bonchev–Trinajstić information content (AvgIpc) is 2.93. The second kappa shape index (κ2) is 13.2. The molecule has 1 aromatic heterocycles. The maximum absolute atomic E-state index is 11.7. The van der Waals surface area contributed by atoms with Crippen molar-refractivity contribution in [3.05, 3.63) is 18.7 Å². The first-order valence-corrected chi connectivity index (χ1v) is 8.72. The lowest BCUT2D eigenvalue weighted by atomic mass is 10.2. The van der Waals surface area contributed by atoms with Crippen molar-refractivity contribution in [2.45, 2.75) is 65.2 Å². The molecule has 11 heteroatoms. The van der Waals surface area contributed by atoms with E-state index in [0.717, 1.165) is 38.5 Å². The van der Waals surface area contributed by atoms with Crippen molar-refractivity contribution in [3.8, 4) is 0 Å². The SMILES string of the molecule is CCCCCC(=O)Nn1cc[n+](NC(=O)CCCCC)c1.F[B-](F)(F)F. The van der Waals surface area contributed by atoms with Crippen LogP contribution in [0.4, 0.5) is 17.3 Å². The summed E-state index contributed by atoms with van der Waals surface area (Å²) >= 11 is 0. The maximum atomic E-state index is 11.7. The Labute approximate surface area is 151 Å². The minimum atomic E-state index is -6.00. The van der Waals surface area contributed by atoms with E-state index in [9.17, 15) is 26.9 Å². The van der Waals surface area contributed by atoms with E-state index in [0.29, 0.717) is 12.8 Å². The van der Waals surface area contributed by atoms with Crippen LogP contribution in [0.5, 0.6) is 0 Å². The lowest BCUT2D eigenvalue weighted by Gasteiger charge is -2.01. The number of nitrogens with zero attached hydrogens (tertiary/aromatic N) is 2. The quantitative estimate of drug-likeness (QED) is 0.282. The fraction of sp³-hybridized carbons (Fsp3) is 0.667. The van der Waals surface area contributed by atoms with E-state index in [2.05, 4.69) is 24.7 Å². The van der Waals surface area contributed by atoms with E-state index in [-0.39, 0.29) is 11.8 Å². The van der Waals surface area contributed by atoms with Crippen LogP contribution < -0.4 is 15.5 Å². The summed E-state index contributed by atoms with van der Waals surface area (Å²) in [6.45, 7) is 4.21. The van der Waals surface area contributed by atoms with Crippen LogP contribution >= 0.6 is 0 Å². The van der Waals surface area contributed by atoms with Crippen LogP contribution in [-0.2, 0) is 9.59 Å². The van der Waals surface area contributed by atoms with Gasteiger partial charge in [0.1, 0.15) is 0 Å². The minimum Gasteiger partial charge on any atom is -0.418 e. The van der Waals surface area contributed by atoms with Crippen LogP contribution in [0.25, 0.3) is 0 Å². The van der Waals surface area contributed by atoms with Gasteiger partial charge >= 0.3 is 7.25 Å². The fourth-order valence-corrected chi connectivity index (χ4v) is 1.96. The highest BCUT2D eigenvalue weighted by Crippen LogP contribution is 2.06. The molecule has 0 unspecified atom stereocenters. The van der Waals surface area contributed by atoms with Crippen molar-refractivity contribution in [1.29, 1.82) is 0 Å². The monoisotopic (exact) mass is 382 g/mol. The van der Waals surface area contributed by atoms with Crippen LogP contribution in [-0.4, -0.2) is 23.7 Å². The van der Waals surface area contributed by atoms with Gasteiger partial charge in [-0.05, 0) is 12.8 Å². The van der Waals surface area contributed by atoms with Gasteiger partial charge in [-0.2, -0.15) is 10.9 Å². The van der Waals surface area contributed by atoms with Gasteiger partial charge in [-0.3, -0.25) is 9.59 Å². The molecule has 2 amide bonds. The van der Waals surface area contributed by atoms with Crippen molar-refractivity contribution < 1.29 is 31.5 Å². The molecular formula is C15H27BF4N4O2. The largest absolute Gasteiger partial charge is 0.673 e. The normalized spacial score (nSPS) is 10.7. The van der Waals surface area contributed by atoms with E-state index < -0.39 is 7.25 Å². The number of hydrogen-bond donors (Lipinski definition) is 2. The second-order valence-corrected chi connectivity index (χ2v) is 5.71. The number of rotatable bonds is 10. The highest BCUT2D eigenvalue weighted by molar-refractivity contribution is 6.50. The number of aromatic nitrogens is 2. The lowest BCUT2D eigenvalue weighted by Crippen LogP contribution is -2.47. The zero-order chi connectivity index (χ0) is 20.0. The molecule has 0 saturated carbocycles. The minimum absolute atomic E-state index is 0.0135. The molecular weight excluding hydrogens is 355 g/mol. The van der Waals surface area contributed by atoms with E-state index in [4.69, 9.17) is 0 Å². The van der Waals surface area contributed by atoms with Gasteiger partial charge in [0.25, 0.3) is 18.1 Å². The molecule has 2 N–H and O–H groups in total. The third kappa shape index (κ3) is 15.5. The number of carbonyl (C=O) groups excluding carboxylic acids is 2. The number of imidazole rings is 1. The zero-order valence-corrected chi connectivity index (χ0v) is 15.2. The van der Waals surface area contributed by atoms with Crippen LogP contribution in [0, 0.1) is 0 Å². The molecule has 6 nitrogen and oxygen atoms in total. The molecule has 0 spiro atoms. The topological polar surface area (TPSA) is 67.0 Å². The van der Waals surface area contributed by atoms with Gasteiger partial charge in [0.2, 0.25) is 0 Å². The molecule has 0 fully saturated rings. The number of hydrogen-bond acceptors (Lipinski definition) is 2. The number of halogens is 4. The van der Waals surface area contributed by atoms with Crippen molar-refractivity contribution in [1.82, 2.24) is 4.68 Å². The van der Waals surface area contributed by atoms with Crippen LogP contribution in [0.1, 0.15) is 65.2 Å². The number of amides is 2. The Kier molecular flexibility index (Phi) is 12.1. The van der Waals surface area contributed by atoms with Crippen molar-refractivity contribution >= 4 is 19.1 Å². The Hall–Kier alpha value is -2.07. The number of carbonyl (C=O) groups is 2. The van der Waals surface area contributed by atoms with E-state index >= 15 is 0 Å². The summed E-state index contributed by atoms with van der Waals surface area (Å²) in [5, 5.41) is 0. The number of nitrogens with one attached hydrogen (secondary N) is 2. The summed E-state index contributed by atoms with van der Waals surface area (Å²) in [6, 6.07) is 0. The van der Waals surface area contributed by atoms with Gasteiger partial charge in [-0.1, -0.05) is 39.5 Å². The first kappa shape index (κ1) is 23.9. The van der Waals surface area contributed by atoms with E-state index in [1.54, 1.807) is 28.1 Å². The Morgan fingerprint density at radius 2 is 1.46 bits per heavy atom. The highest BCUT2D eigenvalue weighted by Gasteiger charge is 2.20. The van der Waals surface area contributed by atoms with Gasteiger partial charge in [0.15, 0.2) is 12.4 Å². The molecule has 0 saturated heterocycles. The summed E-state index contributed by atoms with van der Waals surface area (Å²) in [5.74, 6) is -0.0269. The standard InChI is InChI=1S/C15H26N4O2.BF4/c1-3-5-7-9-14(20)16-18-11-12-19(13-18)17-15(21)10-8-6-4-2;2-1(3,4)5/h11-13H,3-10H2,1-2H3,(H-,16,17,20,21);/q;-1/p+1. The van der Waals surface area contributed by atoms with Crippen molar-refractivity contribution in [2.24, 2.45) is 0 Å². The summed E-state index contributed by atoms with van der Waals surface area (Å²) in [5.41, 5.74) is 5.50. The Morgan fingerprint density at radius 3 is 1.96 bits per heavy atom. The summed E-state index contributed by atoms with van der Waals surface area (Å²) in [7, 11) is -6.00. The molecule has 26 heavy (non-hydrogen) atoms. The fourth-order valence-electron chi connectivity index (χ4n) is 1.96. The molecule has 0 aliphatic rings. The first-order chi connectivity index (χ1) is 12.2. The third-order valence-electron chi connectivity index (χ3n) is 3.16. The first-order valence-electron chi connectivity index (χ1n) is 8.72. The van der Waals surface area contributed by atoms with Gasteiger partial charge in [-0.15, -0.1) is 9.35 Å². The molecule has 1 heterocycles. The van der Waals surface area contributed by atoms with Gasteiger partial charge in [-0.25, -0.2) is 0 Å². The van der Waals surface area contributed by atoms with Crippen molar-refractivity contribution in [2.75, 3.05) is 10.9 Å². The summed E-state index contributed by atoms with van der Waals surface area (Å²) in [4.78, 5) is 23.3. The average molecular weight is 382 g/mol. The van der Waals surface area contributed by atoms with E-state index in [1.807, 2.05) is 0 Å². The molecule has 150 valence electrons. The maximum Gasteiger partial charge on any atom is 0.673 e. The zero-order valence-electron chi connectivity index (χ0n) is 15.2. The van der Waals surface area contributed by atoms with Crippen LogP contribution in [0.2, 0.25) is 0 Å². The highest BCUT2D eigenvalue weighted by atomic mass is 19.5. The van der Waals surface area contributed by atoms with Gasteiger partial charge < -0.3 is 17.3 Å². The molecule has 0 aliphatic heterocycles. The van der Waals surface area contributed by atoms with E-state index in [1.165, 1.54) is 0 Å². The lowest BCUT2D eigenvalue weighted by molar-refractivity contribution is -0.641. The van der Waals surface area contributed by atoms with Crippen molar-refractivity contribution in [3.63, 3.8) is 0 Å². The predicted octanol–water partition coefficient (Wildman–Crippen LogP) is 3.38. The summed E-state index contributed by atoms with van der Waals surface area (Å²) in [6.07, 6.45) is 12.2. The molecule has 1 aromatic rings. The molecule has 0 aliphatic carbocycles. The summed E-state index contributed by atoms with van der Waals surface area (Å²) < 4.78 is 42.1. The Balaban J connectivity index is 0.00000110. The van der Waals surface area contributed by atoms with Crippen LogP contribution in [0.15, 0.2) is 18.7 Å². The molecule has 0 atom stereocenters. The van der Waals surface area contributed by atoms with Gasteiger partial charge in [0.05, 0.1) is 0 Å². The predicted molar refractivity (Wildman–Crippen MR) is 91.8 cm³/mol. The van der Waals surface area contributed by atoms with Gasteiger partial charge in [0, 0.05) is 12.8 Å². The molecule has 0 radical (unpaired) electrons. The number of unbranched alkanes of at least 4 members (excludes halogenated alkanes) is 4.